The quantitative estimate of drug-likeness (QED) is 0.507. The van der Waals surface area contributed by atoms with Gasteiger partial charge in [-0.05, 0) is 18.9 Å². The Bertz CT molecular complexity index is 799. The molecule has 1 spiro atoms. The van der Waals surface area contributed by atoms with Crippen molar-refractivity contribution in [3.05, 3.63) is 0 Å². The summed E-state index contributed by atoms with van der Waals surface area (Å²) in [5.74, 6) is -0.369. The Labute approximate surface area is 196 Å². The van der Waals surface area contributed by atoms with E-state index in [2.05, 4.69) is 11.8 Å². The Morgan fingerprint density at radius 1 is 1.00 bits per heavy atom. The first-order valence-electron chi connectivity index (χ1n) is 12.7. The summed E-state index contributed by atoms with van der Waals surface area (Å²) in [5.41, 5.74) is -1.93. The first kappa shape index (κ1) is 23.1. The molecule has 1 heterocycles. The number of rotatable bonds is 6. The van der Waals surface area contributed by atoms with Gasteiger partial charge >= 0.3 is 0 Å². The molecular formula is C25H41NO7. The van der Waals surface area contributed by atoms with Gasteiger partial charge in [0.25, 0.3) is 0 Å². The van der Waals surface area contributed by atoms with Gasteiger partial charge in [0.1, 0.15) is 0 Å². The molecule has 0 amide bonds. The molecule has 8 heteroatoms. The lowest BCUT2D eigenvalue weighted by molar-refractivity contribution is -0.295. The third kappa shape index (κ3) is 2.32. The van der Waals surface area contributed by atoms with Crippen LogP contribution < -0.4 is 0 Å². The van der Waals surface area contributed by atoms with Gasteiger partial charge in [-0.2, -0.15) is 0 Å². The molecule has 6 fully saturated rings. The summed E-state index contributed by atoms with van der Waals surface area (Å²) in [6, 6.07) is 0.0627. The number of piperidine rings is 1. The second kappa shape index (κ2) is 7.35. The smallest absolute Gasteiger partial charge is 0.0796 e. The topological polar surface area (TPSA) is 101 Å². The fourth-order valence-electron chi connectivity index (χ4n) is 10.9. The van der Waals surface area contributed by atoms with Crippen LogP contribution >= 0.6 is 0 Å². The standard InChI is InChI=1S/C25H41NO7/c1-6-26-10-23(11-30-2)15(27)8-16(32-4)25-13-7-12-14(31-3)9-24(29,17(13)19(12)28)18(22(25)26)20(33-5)21(23)25/h12-22,27-29H,6-11H2,1-5H3. The van der Waals surface area contributed by atoms with Crippen LogP contribution in [0.1, 0.15) is 26.2 Å². The summed E-state index contributed by atoms with van der Waals surface area (Å²) in [5, 5.41) is 35.8. The van der Waals surface area contributed by atoms with E-state index in [1.807, 2.05) is 0 Å². The molecule has 0 aromatic heterocycles. The van der Waals surface area contributed by atoms with Gasteiger partial charge in [0.15, 0.2) is 0 Å². The number of methoxy groups -OCH3 is 4. The summed E-state index contributed by atoms with van der Waals surface area (Å²) in [7, 11) is 6.91. The van der Waals surface area contributed by atoms with E-state index in [1.54, 1.807) is 28.4 Å². The van der Waals surface area contributed by atoms with Crippen molar-refractivity contribution in [2.24, 2.45) is 40.4 Å². The number of fused-ring (bicyclic) bond motifs is 2. The first-order valence-corrected chi connectivity index (χ1v) is 12.7. The van der Waals surface area contributed by atoms with Crippen molar-refractivity contribution >= 4 is 0 Å². The summed E-state index contributed by atoms with van der Waals surface area (Å²) in [6.07, 6.45) is 0.0688. The molecule has 1 aliphatic heterocycles. The number of hydrogen-bond donors (Lipinski definition) is 3. The highest BCUT2D eigenvalue weighted by atomic mass is 16.5. The van der Waals surface area contributed by atoms with Crippen LogP contribution in [0.2, 0.25) is 0 Å². The normalized spacial score (nSPS) is 60.9. The third-order valence-corrected chi connectivity index (χ3v) is 11.5. The Kier molecular flexibility index (Phi) is 5.15. The molecule has 5 aliphatic carbocycles. The minimum atomic E-state index is -1.09. The fraction of sp³-hybridized carbons (Fsp3) is 1.00. The minimum absolute atomic E-state index is 0.0111. The van der Waals surface area contributed by atoms with Crippen molar-refractivity contribution < 1.29 is 34.3 Å². The van der Waals surface area contributed by atoms with E-state index < -0.39 is 23.2 Å². The maximum Gasteiger partial charge on any atom is 0.0796 e. The lowest BCUT2D eigenvalue weighted by atomic mass is 9.42. The number of nitrogens with zero attached hydrogens (tertiary/aromatic N) is 1. The van der Waals surface area contributed by atoms with Gasteiger partial charge in [-0.1, -0.05) is 6.92 Å². The lowest BCUT2D eigenvalue weighted by Crippen LogP contribution is -2.78. The molecule has 6 aliphatic rings. The monoisotopic (exact) mass is 467 g/mol. The van der Waals surface area contributed by atoms with E-state index in [4.69, 9.17) is 18.9 Å². The average molecular weight is 468 g/mol. The zero-order valence-electron chi connectivity index (χ0n) is 20.5. The third-order valence-electron chi connectivity index (χ3n) is 11.5. The van der Waals surface area contributed by atoms with Crippen LogP contribution in [0.4, 0.5) is 0 Å². The highest BCUT2D eigenvalue weighted by Gasteiger charge is 2.87. The van der Waals surface area contributed by atoms with Gasteiger partial charge in [-0.25, -0.2) is 0 Å². The number of likely N-dealkylation sites (tertiary alicyclic amines) is 1. The molecule has 1 saturated heterocycles. The van der Waals surface area contributed by atoms with Crippen LogP contribution in [0.3, 0.4) is 0 Å². The van der Waals surface area contributed by atoms with Crippen LogP contribution in [0, 0.1) is 40.4 Å². The van der Waals surface area contributed by atoms with E-state index in [9.17, 15) is 15.3 Å². The largest absolute Gasteiger partial charge is 0.392 e. The number of aliphatic hydroxyl groups is 3. The molecule has 14 unspecified atom stereocenters. The second-order valence-electron chi connectivity index (χ2n) is 11.8. The van der Waals surface area contributed by atoms with Crippen LogP contribution in [-0.2, 0) is 18.9 Å². The number of ether oxygens (including phenoxy) is 4. The van der Waals surface area contributed by atoms with Gasteiger partial charge < -0.3 is 34.3 Å². The molecule has 6 rings (SSSR count). The van der Waals surface area contributed by atoms with Crippen LogP contribution in [-0.4, -0.2) is 111 Å². The molecule has 7 bridgehead atoms. The Balaban J connectivity index is 1.65. The van der Waals surface area contributed by atoms with Gasteiger partial charge in [0.2, 0.25) is 0 Å². The van der Waals surface area contributed by atoms with E-state index >= 15 is 0 Å². The summed E-state index contributed by atoms with van der Waals surface area (Å²) in [4.78, 5) is 2.47. The highest BCUT2D eigenvalue weighted by Crippen LogP contribution is 2.79. The molecule has 0 aromatic rings. The van der Waals surface area contributed by atoms with Crippen LogP contribution in [0.25, 0.3) is 0 Å². The van der Waals surface area contributed by atoms with Crippen molar-refractivity contribution in [2.75, 3.05) is 48.1 Å². The molecule has 33 heavy (non-hydrogen) atoms. The molecule has 5 saturated carbocycles. The Hall–Kier alpha value is -0.320. The summed E-state index contributed by atoms with van der Waals surface area (Å²) >= 11 is 0. The van der Waals surface area contributed by atoms with Gasteiger partial charge in [-0.3, -0.25) is 4.90 Å². The van der Waals surface area contributed by atoms with Crippen molar-refractivity contribution in [3.8, 4) is 0 Å². The molecule has 0 radical (unpaired) electrons. The molecule has 8 nitrogen and oxygen atoms in total. The van der Waals surface area contributed by atoms with Gasteiger partial charge in [0, 0.05) is 88.4 Å². The molecule has 188 valence electrons. The Morgan fingerprint density at radius 3 is 2.36 bits per heavy atom. The van der Waals surface area contributed by atoms with E-state index in [1.165, 1.54) is 0 Å². The molecule has 3 N–H and O–H groups in total. The predicted octanol–water partition coefficient (Wildman–Crippen LogP) is 0.127. The Morgan fingerprint density at radius 2 is 1.76 bits per heavy atom. The second-order valence-corrected chi connectivity index (χ2v) is 11.8. The maximum atomic E-state index is 12.6. The summed E-state index contributed by atoms with van der Waals surface area (Å²) in [6.45, 7) is 4.14. The minimum Gasteiger partial charge on any atom is -0.392 e. The average Bonchev–Trinajstić information content (AvgIpc) is 3.20. The van der Waals surface area contributed by atoms with Crippen LogP contribution in [0.15, 0.2) is 0 Å². The number of hydrogen-bond acceptors (Lipinski definition) is 8. The SMILES string of the molecule is CCN1CC2(COC)C(O)CC(OC)C34C5CC6C(OC)CC(O)(C5C6O)C(C(OC)C23)C14. The van der Waals surface area contributed by atoms with Crippen molar-refractivity contribution in [1.29, 1.82) is 0 Å². The zero-order valence-corrected chi connectivity index (χ0v) is 20.5. The zero-order chi connectivity index (χ0) is 23.5. The van der Waals surface area contributed by atoms with E-state index in [-0.39, 0.29) is 59.4 Å². The van der Waals surface area contributed by atoms with Gasteiger partial charge in [-0.15, -0.1) is 0 Å². The predicted molar refractivity (Wildman–Crippen MR) is 118 cm³/mol. The molecule has 14 atom stereocenters. The fourth-order valence-corrected chi connectivity index (χ4v) is 10.9. The van der Waals surface area contributed by atoms with Crippen molar-refractivity contribution in [2.45, 2.75) is 68.3 Å². The highest BCUT2D eigenvalue weighted by molar-refractivity contribution is 5.36. The van der Waals surface area contributed by atoms with Crippen molar-refractivity contribution in [3.63, 3.8) is 0 Å². The summed E-state index contributed by atoms with van der Waals surface area (Å²) < 4.78 is 24.3. The lowest BCUT2D eigenvalue weighted by Gasteiger charge is -2.70. The molecule has 0 aromatic carbocycles. The van der Waals surface area contributed by atoms with E-state index in [0.717, 1.165) is 19.5 Å². The van der Waals surface area contributed by atoms with Crippen molar-refractivity contribution in [1.82, 2.24) is 4.90 Å². The van der Waals surface area contributed by atoms with E-state index in [0.29, 0.717) is 19.4 Å². The number of aliphatic hydroxyl groups excluding tert-OH is 2. The molecular weight excluding hydrogens is 426 g/mol. The van der Waals surface area contributed by atoms with Crippen LogP contribution in [0.5, 0.6) is 0 Å². The van der Waals surface area contributed by atoms with Gasteiger partial charge in [0.05, 0.1) is 42.7 Å². The maximum absolute atomic E-state index is 12.6. The first-order chi connectivity index (χ1) is 15.8.